The number of carbonyl (C=O) groups is 3. The van der Waals surface area contributed by atoms with E-state index in [1.807, 2.05) is 49.4 Å². The van der Waals surface area contributed by atoms with E-state index >= 15 is 0 Å². The number of benzene rings is 2. The summed E-state index contributed by atoms with van der Waals surface area (Å²) < 4.78 is 4.97. The van der Waals surface area contributed by atoms with Gasteiger partial charge >= 0.3 is 5.97 Å². The number of hydrogen-bond acceptors (Lipinski definition) is 5. The maximum Gasteiger partial charge on any atom is 0.309 e. The van der Waals surface area contributed by atoms with Crippen molar-refractivity contribution in [2.45, 2.75) is 46.5 Å². The van der Waals surface area contributed by atoms with Crippen molar-refractivity contribution in [2.75, 3.05) is 12.4 Å². The van der Waals surface area contributed by atoms with Crippen LogP contribution in [0.1, 0.15) is 54.6 Å². The predicted molar refractivity (Wildman–Crippen MR) is 142 cm³/mol. The molecular formula is C30H34N2O4. The Morgan fingerprint density at radius 2 is 1.64 bits per heavy atom. The highest BCUT2D eigenvalue weighted by Gasteiger charge is 2.24. The van der Waals surface area contributed by atoms with Crippen molar-refractivity contribution in [3.8, 4) is 11.1 Å². The molecule has 1 amide bonds. The molecular weight excluding hydrogens is 452 g/mol. The lowest BCUT2D eigenvalue weighted by Gasteiger charge is -2.15. The molecule has 1 atom stereocenters. The molecule has 0 saturated heterocycles. The van der Waals surface area contributed by atoms with Crippen molar-refractivity contribution >= 4 is 23.5 Å². The number of aryl methyl sites for hydroxylation is 1. The average Bonchev–Trinajstić information content (AvgIpc) is 2.88. The van der Waals surface area contributed by atoms with Crippen molar-refractivity contribution in [1.82, 2.24) is 4.98 Å². The fourth-order valence-electron chi connectivity index (χ4n) is 3.96. The molecule has 188 valence electrons. The molecule has 36 heavy (non-hydrogen) atoms. The minimum absolute atomic E-state index is 0.0421. The van der Waals surface area contributed by atoms with Crippen LogP contribution in [0.4, 0.5) is 5.82 Å². The Bertz CT molecular complexity index is 1180. The number of Topliss-reactive ketones (excluding diaryl/α,β-unsaturated/α-hetero) is 1. The maximum absolute atomic E-state index is 13.0. The number of ketones is 1. The lowest BCUT2D eigenvalue weighted by atomic mass is 9.90. The molecule has 0 aliphatic heterocycles. The summed E-state index contributed by atoms with van der Waals surface area (Å²) >= 11 is 0. The summed E-state index contributed by atoms with van der Waals surface area (Å²) in [6, 6.07) is 18.8. The summed E-state index contributed by atoms with van der Waals surface area (Å²) in [5.41, 5.74) is 4.43. The Balaban J connectivity index is 1.64. The van der Waals surface area contributed by atoms with Crippen LogP contribution in [-0.4, -0.2) is 29.8 Å². The van der Waals surface area contributed by atoms with Gasteiger partial charge in [-0.1, -0.05) is 62.4 Å². The first-order valence-corrected chi connectivity index (χ1v) is 12.3. The zero-order chi connectivity index (χ0) is 26.1. The summed E-state index contributed by atoms with van der Waals surface area (Å²) in [6.45, 7) is 6.16. The fraction of sp³-hybridized carbons (Fsp3) is 0.333. The molecule has 6 heteroatoms. The second kappa shape index (κ2) is 12.8. The topological polar surface area (TPSA) is 85.4 Å². The van der Waals surface area contributed by atoms with Crippen LogP contribution < -0.4 is 5.32 Å². The van der Waals surface area contributed by atoms with Gasteiger partial charge in [-0.3, -0.25) is 14.4 Å². The highest BCUT2D eigenvalue weighted by atomic mass is 16.5. The molecule has 3 aromatic rings. The van der Waals surface area contributed by atoms with E-state index in [1.165, 1.54) is 7.11 Å². The van der Waals surface area contributed by atoms with Gasteiger partial charge in [0.15, 0.2) is 5.78 Å². The second-order valence-corrected chi connectivity index (χ2v) is 9.47. The molecule has 0 bridgehead atoms. The summed E-state index contributed by atoms with van der Waals surface area (Å²) in [6.07, 6.45) is 3.53. The number of rotatable bonds is 11. The lowest BCUT2D eigenvalue weighted by Crippen LogP contribution is -2.22. The molecule has 0 fully saturated rings. The molecule has 1 aromatic heterocycles. The van der Waals surface area contributed by atoms with Crippen LogP contribution >= 0.6 is 0 Å². The summed E-state index contributed by atoms with van der Waals surface area (Å²) in [4.78, 5) is 41.7. The second-order valence-electron chi connectivity index (χ2n) is 9.47. The normalized spacial score (nSPS) is 11.7. The van der Waals surface area contributed by atoms with E-state index in [2.05, 4.69) is 24.1 Å². The van der Waals surface area contributed by atoms with E-state index in [1.54, 1.807) is 24.4 Å². The fourth-order valence-corrected chi connectivity index (χ4v) is 3.96. The molecule has 0 aliphatic rings. The Kier molecular flexibility index (Phi) is 9.51. The molecule has 0 saturated carbocycles. The Labute approximate surface area is 213 Å². The Hall–Kier alpha value is -3.80. The molecule has 1 heterocycles. The maximum atomic E-state index is 13.0. The molecule has 0 spiro atoms. The Morgan fingerprint density at radius 3 is 2.25 bits per heavy atom. The number of methoxy groups -OCH3 is 1. The molecule has 2 aromatic carbocycles. The van der Waals surface area contributed by atoms with E-state index in [0.29, 0.717) is 30.1 Å². The number of hydrogen-bond donors (Lipinski definition) is 1. The van der Waals surface area contributed by atoms with Gasteiger partial charge in [0, 0.05) is 30.2 Å². The molecule has 1 N–H and O–H groups in total. The van der Waals surface area contributed by atoms with Crippen molar-refractivity contribution in [2.24, 2.45) is 11.8 Å². The molecule has 0 aliphatic carbocycles. The minimum atomic E-state index is -0.546. The van der Waals surface area contributed by atoms with Crippen LogP contribution in [0.2, 0.25) is 0 Å². The van der Waals surface area contributed by atoms with Gasteiger partial charge in [0.2, 0.25) is 5.91 Å². The van der Waals surface area contributed by atoms with E-state index in [9.17, 15) is 14.4 Å². The first-order valence-electron chi connectivity index (χ1n) is 12.3. The third kappa shape index (κ3) is 7.60. The standard InChI is InChI=1S/C30H34N2O4/c1-20(2)9-16-29(34)32-28-15-14-25(19-31-28)22-10-12-23(13-11-22)27(33)18-26(30(35)36-4)17-24-8-6-5-7-21(24)3/h5-8,10-15,19-20,26H,9,16-18H2,1-4H3,(H,31,32,34). The van der Waals surface area contributed by atoms with E-state index in [-0.39, 0.29) is 24.1 Å². The molecule has 6 nitrogen and oxygen atoms in total. The van der Waals surface area contributed by atoms with Gasteiger partial charge in [0.05, 0.1) is 13.0 Å². The summed E-state index contributed by atoms with van der Waals surface area (Å²) in [7, 11) is 1.35. The van der Waals surface area contributed by atoms with E-state index in [4.69, 9.17) is 4.74 Å². The average molecular weight is 487 g/mol. The summed E-state index contributed by atoms with van der Waals surface area (Å²) in [5.74, 6) is -0.0915. The zero-order valence-corrected chi connectivity index (χ0v) is 21.4. The van der Waals surface area contributed by atoms with Gasteiger partial charge in [-0.05, 0) is 54.5 Å². The number of amides is 1. The molecule has 1 unspecified atom stereocenters. The number of nitrogens with zero attached hydrogens (tertiary/aromatic N) is 1. The van der Waals surface area contributed by atoms with E-state index < -0.39 is 5.92 Å². The number of aromatic nitrogens is 1. The van der Waals surface area contributed by atoms with Crippen LogP contribution in [0.25, 0.3) is 11.1 Å². The largest absolute Gasteiger partial charge is 0.469 e. The number of pyridine rings is 1. The van der Waals surface area contributed by atoms with Gasteiger partial charge < -0.3 is 10.1 Å². The van der Waals surface area contributed by atoms with Crippen LogP contribution in [0.5, 0.6) is 0 Å². The number of anilines is 1. The van der Waals surface area contributed by atoms with Crippen molar-refractivity contribution in [3.05, 3.63) is 83.6 Å². The number of ether oxygens (including phenoxy) is 1. The lowest BCUT2D eigenvalue weighted by molar-refractivity contribution is -0.145. The first kappa shape index (κ1) is 26.8. The van der Waals surface area contributed by atoms with Crippen LogP contribution in [-0.2, 0) is 20.7 Å². The van der Waals surface area contributed by atoms with Gasteiger partial charge in [-0.2, -0.15) is 0 Å². The third-order valence-corrected chi connectivity index (χ3v) is 6.21. The van der Waals surface area contributed by atoms with Crippen molar-refractivity contribution < 1.29 is 19.1 Å². The van der Waals surface area contributed by atoms with Crippen LogP contribution in [0.3, 0.4) is 0 Å². The number of carbonyl (C=O) groups excluding carboxylic acids is 3. The van der Waals surface area contributed by atoms with Gasteiger partial charge in [-0.15, -0.1) is 0 Å². The smallest absolute Gasteiger partial charge is 0.309 e. The Morgan fingerprint density at radius 1 is 0.944 bits per heavy atom. The number of nitrogens with one attached hydrogen (secondary N) is 1. The minimum Gasteiger partial charge on any atom is -0.469 e. The van der Waals surface area contributed by atoms with E-state index in [0.717, 1.165) is 28.7 Å². The van der Waals surface area contributed by atoms with Crippen LogP contribution in [0.15, 0.2) is 66.9 Å². The predicted octanol–water partition coefficient (Wildman–Crippen LogP) is 6.04. The van der Waals surface area contributed by atoms with Gasteiger partial charge in [0.25, 0.3) is 0 Å². The third-order valence-electron chi connectivity index (χ3n) is 6.21. The summed E-state index contributed by atoms with van der Waals surface area (Å²) in [5, 5.41) is 2.82. The zero-order valence-electron chi connectivity index (χ0n) is 21.4. The quantitative estimate of drug-likeness (QED) is 0.264. The number of esters is 1. The highest BCUT2D eigenvalue weighted by Crippen LogP contribution is 2.23. The molecule has 0 radical (unpaired) electrons. The highest BCUT2D eigenvalue weighted by molar-refractivity contribution is 5.98. The van der Waals surface area contributed by atoms with Crippen molar-refractivity contribution in [1.29, 1.82) is 0 Å². The SMILES string of the molecule is COC(=O)C(CC(=O)c1ccc(-c2ccc(NC(=O)CCC(C)C)nc2)cc1)Cc1ccccc1C. The van der Waals surface area contributed by atoms with Gasteiger partial charge in [0.1, 0.15) is 5.82 Å². The molecule has 3 rings (SSSR count). The monoisotopic (exact) mass is 486 g/mol. The van der Waals surface area contributed by atoms with Crippen LogP contribution in [0, 0.1) is 18.8 Å². The van der Waals surface area contributed by atoms with Gasteiger partial charge in [-0.25, -0.2) is 4.98 Å². The van der Waals surface area contributed by atoms with Crippen molar-refractivity contribution in [3.63, 3.8) is 0 Å². The first-order chi connectivity index (χ1) is 17.3.